The van der Waals surface area contributed by atoms with E-state index in [9.17, 15) is 9.59 Å². The fourth-order valence-corrected chi connectivity index (χ4v) is 4.98. The molecule has 5 rings (SSSR count). The molecule has 0 saturated carbocycles. The predicted octanol–water partition coefficient (Wildman–Crippen LogP) is 7.69. The zero-order chi connectivity index (χ0) is 25.4. The summed E-state index contributed by atoms with van der Waals surface area (Å²) in [5.74, 6) is 0.612. The molecule has 180 valence electrons. The van der Waals surface area contributed by atoms with E-state index in [1.807, 2.05) is 37.4 Å². The largest absolute Gasteiger partial charge is 0.497 e. The highest BCUT2D eigenvalue weighted by Crippen LogP contribution is 2.36. The predicted molar refractivity (Wildman–Crippen MR) is 146 cm³/mol. The van der Waals surface area contributed by atoms with Crippen LogP contribution in [0.1, 0.15) is 38.3 Å². The molecule has 0 radical (unpaired) electrons. The Morgan fingerprint density at radius 2 is 1.42 bits per heavy atom. The highest BCUT2D eigenvalue weighted by molar-refractivity contribution is 6.31. The summed E-state index contributed by atoms with van der Waals surface area (Å²) in [6.07, 6.45) is 0.659. The number of ether oxygens (including phenoxy) is 1. The number of ketones is 2. The number of methoxy groups -OCH3 is 1. The van der Waals surface area contributed by atoms with Gasteiger partial charge in [-0.2, -0.15) is 0 Å². The fraction of sp³-hybridized carbons (Fsp3) is 0.133. The van der Waals surface area contributed by atoms with Crippen LogP contribution in [0.25, 0.3) is 21.8 Å². The van der Waals surface area contributed by atoms with Gasteiger partial charge in [0.15, 0.2) is 11.6 Å². The minimum absolute atomic E-state index is 0.00798. The van der Waals surface area contributed by atoms with Gasteiger partial charge in [0.1, 0.15) is 5.75 Å². The average molecular weight is 516 g/mol. The Morgan fingerprint density at radius 3 is 2.06 bits per heavy atom. The normalized spacial score (nSPS) is 11.2. The zero-order valence-corrected chi connectivity index (χ0v) is 21.4. The summed E-state index contributed by atoms with van der Waals surface area (Å²) in [4.78, 5) is 26.7. The lowest BCUT2D eigenvalue weighted by molar-refractivity contribution is 0.0979. The summed E-state index contributed by atoms with van der Waals surface area (Å²) in [6.45, 7) is 0. The van der Waals surface area contributed by atoms with E-state index in [1.165, 1.54) is 0 Å². The van der Waals surface area contributed by atoms with E-state index in [1.54, 1.807) is 55.6 Å². The van der Waals surface area contributed by atoms with Crippen LogP contribution in [0.3, 0.4) is 0 Å². The van der Waals surface area contributed by atoms with Gasteiger partial charge < -0.3 is 9.30 Å². The molecule has 0 spiro atoms. The van der Waals surface area contributed by atoms with E-state index in [4.69, 9.17) is 27.9 Å². The molecule has 1 aromatic heterocycles. The Hall–Kier alpha value is -3.60. The maximum absolute atomic E-state index is 13.7. The molecule has 0 unspecified atom stereocenters. The van der Waals surface area contributed by atoms with Gasteiger partial charge in [-0.3, -0.25) is 9.59 Å². The molecule has 0 bridgehead atoms. The number of carbonyl (C=O) groups excluding carboxylic acids is 2. The van der Waals surface area contributed by atoms with Crippen molar-refractivity contribution in [3.05, 3.63) is 111 Å². The van der Waals surface area contributed by atoms with E-state index in [-0.39, 0.29) is 18.0 Å². The first-order valence-electron chi connectivity index (χ1n) is 11.5. The smallest absolute Gasteiger partial charge is 0.193 e. The van der Waals surface area contributed by atoms with E-state index >= 15 is 0 Å². The molecule has 4 nitrogen and oxygen atoms in total. The van der Waals surface area contributed by atoms with Crippen LogP contribution < -0.4 is 4.74 Å². The van der Waals surface area contributed by atoms with Crippen molar-refractivity contribution in [3.8, 4) is 5.75 Å². The van der Waals surface area contributed by atoms with Crippen molar-refractivity contribution in [3.63, 3.8) is 0 Å². The van der Waals surface area contributed by atoms with Crippen molar-refractivity contribution in [2.75, 3.05) is 7.11 Å². The van der Waals surface area contributed by atoms with Gasteiger partial charge in [-0.15, -0.1) is 0 Å². The molecule has 36 heavy (non-hydrogen) atoms. The van der Waals surface area contributed by atoms with E-state index in [0.29, 0.717) is 33.2 Å². The van der Waals surface area contributed by atoms with Crippen molar-refractivity contribution < 1.29 is 14.3 Å². The molecule has 0 aliphatic heterocycles. The summed E-state index contributed by atoms with van der Waals surface area (Å²) in [5.41, 5.74) is 4.56. The summed E-state index contributed by atoms with van der Waals surface area (Å²) < 4.78 is 7.59. The number of Topliss-reactive ketones (excluding diaryl/α,β-unsaturated/α-hetero) is 1. The van der Waals surface area contributed by atoms with Crippen molar-refractivity contribution in [1.82, 2.24) is 4.57 Å². The monoisotopic (exact) mass is 515 g/mol. The number of hydrogen-bond acceptors (Lipinski definition) is 3. The number of rotatable bonds is 7. The van der Waals surface area contributed by atoms with Crippen molar-refractivity contribution in [2.24, 2.45) is 7.05 Å². The van der Waals surface area contributed by atoms with Gasteiger partial charge in [-0.05, 0) is 90.8 Å². The quantitative estimate of drug-likeness (QED) is 0.208. The molecular weight excluding hydrogens is 493 g/mol. The highest BCUT2D eigenvalue weighted by Gasteiger charge is 2.21. The molecule has 1 heterocycles. The van der Waals surface area contributed by atoms with E-state index < -0.39 is 0 Å². The lowest BCUT2D eigenvalue weighted by atomic mass is 9.90. The molecule has 6 heteroatoms. The molecule has 0 atom stereocenters. The van der Waals surface area contributed by atoms with Crippen LogP contribution in [0.5, 0.6) is 5.75 Å². The zero-order valence-electron chi connectivity index (χ0n) is 19.8. The van der Waals surface area contributed by atoms with Gasteiger partial charge in [0.2, 0.25) is 0 Å². The van der Waals surface area contributed by atoms with Crippen LogP contribution in [0, 0.1) is 0 Å². The standard InChI is InChI=1S/C30H23Cl2NO3/c1-33-26-14-11-22(36-2)17-25(26)29-23(13-16-28(34)18-3-7-20(31)8-4-18)24(12-15-27(29)33)30(35)19-5-9-21(32)10-6-19/h3-12,14-15,17H,13,16H2,1-2H3. The molecule has 5 aromatic rings. The summed E-state index contributed by atoms with van der Waals surface area (Å²) in [7, 11) is 3.63. The third-order valence-electron chi connectivity index (χ3n) is 6.61. The number of hydrogen-bond donors (Lipinski definition) is 0. The van der Waals surface area contributed by atoms with Crippen molar-refractivity contribution in [1.29, 1.82) is 0 Å². The third kappa shape index (κ3) is 4.39. The van der Waals surface area contributed by atoms with Crippen LogP contribution in [-0.2, 0) is 13.5 Å². The molecule has 0 aliphatic rings. The highest BCUT2D eigenvalue weighted by atomic mass is 35.5. The molecular formula is C30H23Cl2NO3. The first kappa shape index (κ1) is 24.1. The van der Waals surface area contributed by atoms with Gasteiger partial charge in [0, 0.05) is 62.0 Å². The van der Waals surface area contributed by atoms with E-state index in [0.717, 1.165) is 33.1 Å². The van der Waals surface area contributed by atoms with Gasteiger partial charge in [-0.25, -0.2) is 0 Å². The van der Waals surface area contributed by atoms with Crippen LogP contribution in [0.4, 0.5) is 0 Å². The molecule has 0 aliphatic carbocycles. The number of benzene rings is 4. The summed E-state index contributed by atoms with van der Waals surface area (Å²) >= 11 is 12.0. The van der Waals surface area contributed by atoms with Crippen LogP contribution in [-0.4, -0.2) is 23.2 Å². The minimum atomic E-state index is -0.109. The summed E-state index contributed by atoms with van der Waals surface area (Å²) in [6, 6.07) is 23.5. The Labute approximate surface area is 219 Å². The van der Waals surface area contributed by atoms with Gasteiger partial charge in [-0.1, -0.05) is 23.2 Å². The second-order valence-corrected chi connectivity index (χ2v) is 9.57. The Kier molecular flexibility index (Phi) is 6.57. The first-order chi connectivity index (χ1) is 17.4. The molecule has 4 aromatic carbocycles. The first-order valence-corrected chi connectivity index (χ1v) is 12.3. The van der Waals surface area contributed by atoms with Crippen molar-refractivity contribution in [2.45, 2.75) is 12.8 Å². The number of nitrogens with zero attached hydrogens (tertiary/aromatic N) is 1. The second-order valence-electron chi connectivity index (χ2n) is 8.69. The number of aryl methyl sites for hydroxylation is 2. The number of aromatic nitrogens is 1. The second kappa shape index (κ2) is 9.81. The Morgan fingerprint density at radius 1 is 0.806 bits per heavy atom. The lowest BCUT2D eigenvalue weighted by Crippen LogP contribution is -2.09. The topological polar surface area (TPSA) is 48.3 Å². The van der Waals surface area contributed by atoms with Crippen LogP contribution in [0.2, 0.25) is 10.0 Å². The third-order valence-corrected chi connectivity index (χ3v) is 7.11. The Bertz CT molecular complexity index is 1620. The van der Waals surface area contributed by atoms with Gasteiger partial charge in [0.25, 0.3) is 0 Å². The van der Waals surface area contributed by atoms with Gasteiger partial charge >= 0.3 is 0 Å². The molecule has 0 fully saturated rings. The number of fused-ring (bicyclic) bond motifs is 3. The number of halogens is 2. The minimum Gasteiger partial charge on any atom is -0.497 e. The van der Waals surface area contributed by atoms with E-state index in [2.05, 4.69) is 4.57 Å². The maximum atomic E-state index is 13.7. The van der Waals surface area contributed by atoms with Crippen molar-refractivity contribution >= 4 is 56.6 Å². The lowest BCUT2D eigenvalue weighted by Gasteiger charge is -2.12. The van der Waals surface area contributed by atoms with Gasteiger partial charge in [0.05, 0.1) is 7.11 Å². The number of carbonyl (C=O) groups is 2. The fourth-order valence-electron chi connectivity index (χ4n) is 4.73. The average Bonchev–Trinajstić information content (AvgIpc) is 3.18. The molecule has 0 amide bonds. The van der Waals surface area contributed by atoms with Crippen LogP contribution in [0.15, 0.2) is 78.9 Å². The molecule has 0 saturated heterocycles. The Balaban J connectivity index is 1.67. The summed E-state index contributed by atoms with van der Waals surface area (Å²) in [5, 5.41) is 3.08. The van der Waals surface area contributed by atoms with Crippen LogP contribution >= 0.6 is 23.2 Å². The SMILES string of the molecule is COc1ccc2c(c1)c1c(CCC(=O)c3ccc(Cl)cc3)c(C(=O)c3ccc(Cl)cc3)ccc1n2C. The molecule has 0 N–H and O–H groups in total. The maximum Gasteiger partial charge on any atom is 0.193 e.